The summed E-state index contributed by atoms with van der Waals surface area (Å²) in [5.74, 6) is 0.681. The van der Waals surface area contributed by atoms with Gasteiger partial charge in [-0.2, -0.15) is 0 Å². The zero-order valence-electron chi connectivity index (χ0n) is 16.7. The number of rotatable bonds is 8. The number of nitrogens with one attached hydrogen (secondary N) is 2. The van der Waals surface area contributed by atoms with E-state index in [2.05, 4.69) is 33.1 Å². The molecule has 152 valence electrons. The Morgan fingerprint density at radius 3 is 2.71 bits per heavy atom. The van der Waals surface area contributed by atoms with E-state index in [1.165, 1.54) is 39.7 Å². The first-order valence-corrected chi connectivity index (χ1v) is 11.5. The van der Waals surface area contributed by atoms with Gasteiger partial charge < -0.3 is 15.5 Å². The average molecular weight is 420 g/mol. The van der Waals surface area contributed by atoms with Gasteiger partial charge in [-0.05, 0) is 43.6 Å². The lowest BCUT2D eigenvalue weighted by Gasteiger charge is -2.13. The van der Waals surface area contributed by atoms with E-state index in [4.69, 9.17) is 4.98 Å². The maximum absolute atomic E-state index is 11.9. The highest BCUT2D eigenvalue weighted by atomic mass is 32.1. The van der Waals surface area contributed by atoms with Crippen LogP contribution in [0.3, 0.4) is 0 Å². The number of carbonyl (C=O) groups excluding carboxylic acids is 1. The first kappa shape index (κ1) is 20.8. The molecule has 28 heavy (non-hydrogen) atoms. The van der Waals surface area contributed by atoms with E-state index in [1.807, 2.05) is 11.3 Å². The fraction of sp³-hybridized carbons (Fsp3) is 0.550. The molecule has 0 aromatic carbocycles. The molecule has 0 saturated carbocycles. The van der Waals surface area contributed by atoms with Gasteiger partial charge in [0.05, 0.1) is 10.7 Å². The molecule has 6 nitrogen and oxygen atoms in total. The average Bonchev–Trinajstić information content (AvgIpc) is 3.34. The monoisotopic (exact) mass is 419 g/mol. The number of aliphatic imine (C=N–C) groups is 1. The van der Waals surface area contributed by atoms with Gasteiger partial charge in [0.25, 0.3) is 0 Å². The number of carbonyl (C=O) groups is 1. The molecule has 8 heteroatoms. The van der Waals surface area contributed by atoms with Crippen LogP contribution in [0.1, 0.15) is 33.3 Å². The van der Waals surface area contributed by atoms with Gasteiger partial charge in [-0.3, -0.25) is 4.79 Å². The van der Waals surface area contributed by atoms with Crippen LogP contribution in [0.15, 0.2) is 22.5 Å². The summed E-state index contributed by atoms with van der Waals surface area (Å²) in [5, 5.41) is 9.99. The molecule has 0 bridgehead atoms. The van der Waals surface area contributed by atoms with E-state index in [1.54, 1.807) is 30.3 Å². The molecule has 1 amide bonds. The standard InChI is InChI=1S/C20H29N5OS2/c1-25(2)19(26)14-23-20(21-11-9-15-6-5-13-27-15)22-12-10-18-24-16-7-3-4-8-17(16)28-18/h5-6,13H,3-4,7-12,14H2,1-2H3,(H2,21,22,23). The van der Waals surface area contributed by atoms with Crippen molar-refractivity contribution < 1.29 is 4.79 Å². The van der Waals surface area contributed by atoms with Crippen LogP contribution in [0.4, 0.5) is 0 Å². The second kappa shape index (κ2) is 10.6. The van der Waals surface area contributed by atoms with E-state index in [0.717, 1.165) is 32.4 Å². The summed E-state index contributed by atoms with van der Waals surface area (Å²) < 4.78 is 0. The van der Waals surface area contributed by atoms with Gasteiger partial charge in [0.2, 0.25) is 5.91 Å². The van der Waals surface area contributed by atoms with Crippen LogP contribution < -0.4 is 10.6 Å². The number of thiophene rings is 1. The maximum atomic E-state index is 11.9. The summed E-state index contributed by atoms with van der Waals surface area (Å²) in [6, 6.07) is 4.20. The summed E-state index contributed by atoms with van der Waals surface area (Å²) >= 11 is 3.61. The third-order valence-electron chi connectivity index (χ3n) is 4.64. The van der Waals surface area contributed by atoms with Crippen LogP contribution in [-0.2, 0) is 30.5 Å². The number of nitrogens with zero attached hydrogens (tertiary/aromatic N) is 3. The molecule has 1 aliphatic carbocycles. The minimum Gasteiger partial charge on any atom is -0.356 e. The van der Waals surface area contributed by atoms with E-state index >= 15 is 0 Å². The third kappa shape index (κ3) is 6.31. The number of hydrogen-bond acceptors (Lipinski definition) is 5. The molecule has 0 atom stereocenters. The van der Waals surface area contributed by atoms with Gasteiger partial charge in [0, 0.05) is 43.4 Å². The Morgan fingerprint density at radius 2 is 2.00 bits per heavy atom. The van der Waals surface area contributed by atoms with E-state index in [-0.39, 0.29) is 12.5 Å². The Balaban J connectivity index is 1.50. The van der Waals surface area contributed by atoms with Gasteiger partial charge in [-0.1, -0.05) is 6.07 Å². The van der Waals surface area contributed by atoms with E-state index in [0.29, 0.717) is 5.96 Å². The van der Waals surface area contributed by atoms with Crippen molar-refractivity contribution in [3.05, 3.63) is 38.0 Å². The van der Waals surface area contributed by atoms with Gasteiger partial charge in [0.1, 0.15) is 6.54 Å². The molecule has 0 unspecified atom stereocenters. The third-order valence-corrected chi connectivity index (χ3v) is 6.79. The van der Waals surface area contributed by atoms with Crippen molar-refractivity contribution >= 4 is 34.5 Å². The molecule has 0 saturated heterocycles. The number of aromatic nitrogens is 1. The smallest absolute Gasteiger partial charge is 0.243 e. The summed E-state index contributed by atoms with van der Waals surface area (Å²) in [6.07, 6.45) is 6.69. The topological polar surface area (TPSA) is 69.6 Å². The van der Waals surface area contributed by atoms with Gasteiger partial charge in [-0.25, -0.2) is 9.98 Å². The highest BCUT2D eigenvalue weighted by Gasteiger charge is 2.15. The number of guanidine groups is 1. The van der Waals surface area contributed by atoms with Crippen molar-refractivity contribution in [2.24, 2.45) is 4.99 Å². The molecule has 2 heterocycles. The lowest BCUT2D eigenvalue weighted by atomic mass is 10.0. The lowest BCUT2D eigenvalue weighted by molar-refractivity contribution is -0.127. The molecular weight excluding hydrogens is 390 g/mol. The van der Waals surface area contributed by atoms with Crippen LogP contribution in [0.2, 0.25) is 0 Å². The Kier molecular flexibility index (Phi) is 7.85. The Bertz CT molecular complexity index is 759. The normalized spacial score (nSPS) is 13.9. The van der Waals surface area contributed by atoms with Crippen LogP contribution in [0, 0.1) is 0 Å². The Morgan fingerprint density at radius 1 is 1.21 bits per heavy atom. The summed E-state index contributed by atoms with van der Waals surface area (Å²) in [7, 11) is 3.50. The highest BCUT2D eigenvalue weighted by Crippen LogP contribution is 2.26. The van der Waals surface area contributed by atoms with E-state index < -0.39 is 0 Å². The zero-order valence-corrected chi connectivity index (χ0v) is 18.3. The molecule has 0 fully saturated rings. The molecule has 0 spiro atoms. The zero-order chi connectivity index (χ0) is 19.8. The van der Waals surface area contributed by atoms with Crippen molar-refractivity contribution in [1.29, 1.82) is 0 Å². The van der Waals surface area contributed by atoms with Crippen LogP contribution in [0.5, 0.6) is 0 Å². The number of hydrogen-bond donors (Lipinski definition) is 2. The van der Waals surface area contributed by atoms with Gasteiger partial charge in [-0.15, -0.1) is 22.7 Å². The van der Waals surface area contributed by atoms with Gasteiger partial charge >= 0.3 is 0 Å². The lowest BCUT2D eigenvalue weighted by Crippen LogP contribution is -2.40. The minimum absolute atomic E-state index is 0.00745. The van der Waals surface area contributed by atoms with Crippen molar-refractivity contribution in [2.45, 2.75) is 38.5 Å². The van der Waals surface area contributed by atoms with Crippen molar-refractivity contribution in [2.75, 3.05) is 33.7 Å². The largest absolute Gasteiger partial charge is 0.356 e. The molecule has 0 aliphatic heterocycles. The van der Waals surface area contributed by atoms with Crippen molar-refractivity contribution in [3.63, 3.8) is 0 Å². The fourth-order valence-electron chi connectivity index (χ4n) is 3.02. The number of aryl methyl sites for hydroxylation is 2. The summed E-state index contributed by atoms with van der Waals surface area (Å²) in [5.41, 5.74) is 1.31. The first-order chi connectivity index (χ1) is 13.6. The molecular formula is C20H29N5OS2. The summed E-state index contributed by atoms with van der Waals surface area (Å²) in [4.78, 5) is 25.5. The maximum Gasteiger partial charge on any atom is 0.243 e. The second-order valence-electron chi connectivity index (χ2n) is 7.07. The summed E-state index contributed by atoms with van der Waals surface area (Å²) in [6.45, 7) is 1.69. The van der Waals surface area contributed by atoms with Gasteiger partial charge in [0.15, 0.2) is 5.96 Å². The van der Waals surface area contributed by atoms with Crippen LogP contribution in [-0.4, -0.2) is 55.5 Å². The van der Waals surface area contributed by atoms with Crippen LogP contribution >= 0.6 is 22.7 Å². The Labute approximate surface area is 175 Å². The number of thiazole rings is 1. The van der Waals surface area contributed by atoms with Crippen LogP contribution in [0.25, 0.3) is 0 Å². The second-order valence-corrected chi connectivity index (χ2v) is 9.27. The van der Waals surface area contributed by atoms with E-state index in [9.17, 15) is 4.79 Å². The van der Waals surface area contributed by atoms with Crippen molar-refractivity contribution in [3.8, 4) is 0 Å². The highest BCUT2D eigenvalue weighted by molar-refractivity contribution is 7.11. The number of fused-ring (bicyclic) bond motifs is 1. The first-order valence-electron chi connectivity index (χ1n) is 9.84. The molecule has 2 aromatic heterocycles. The molecule has 2 N–H and O–H groups in total. The number of amides is 1. The SMILES string of the molecule is CN(C)C(=O)CN=C(NCCc1cccs1)NCCc1nc2c(s1)CCCC2. The van der Waals surface area contributed by atoms with Crippen molar-refractivity contribution in [1.82, 2.24) is 20.5 Å². The predicted octanol–water partition coefficient (Wildman–Crippen LogP) is 2.49. The minimum atomic E-state index is -0.00745. The predicted molar refractivity (Wildman–Crippen MR) is 117 cm³/mol. The number of likely N-dealkylation sites (N-methyl/N-ethyl adjacent to an activating group) is 1. The fourth-order valence-corrected chi connectivity index (χ4v) is 4.89. The quantitative estimate of drug-likeness (QED) is 0.510. The Hall–Kier alpha value is -1.93. The molecule has 1 aliphatic rings. The molecule has 2 aromatic rings. The molecule has 0 radical (unpaired) electrons. The molecule has 3 rings (SSSR count).